The van der Waals surface area contributed by atoms with E-state index in [1.165, 1.54) is 7.11 Å². The zero-order valence-corrected chi connectivity index (χ0v) is 17.9. The van der Waals surface area contributed by atoms with Crippen LogP contribution in [0.4, 0.5) is 0 Å². The zero-order valence-electron chi connectivity index (χ0n) is 17.0. The quantitative estimate of drug-likeness (QED) is 0.639. The van der Waals surface area contributed by atoms with Gasteiger partial charge >= 0.3 is 5.97 Å². The van der Waals surface area contributed by atoms with Crippen LogP contribution >= 0.6 is 0 Å². The second kappa shape index (κ2) is 8.67. The summed E-state index contributed by atoms with van der Waals surface area (Å²) in [5.41, 5.74) is 1.01. The molecule has 6 heteroatoms. The molecule has 5 nitrogen and oxygen atoms in total. The van der Waals surface area contributed by atoms with Gasteiger partial charge in [0, 0.05) is 12.7 Å². The number of carboxylic acids is 1. The number of hydrogen-bond donors (Lipinski definition) is 1. The van der Waals surface area contributed by atoms with E-state index in [1.807, 2.05) is 44.2 Å². The molecule has 3 rings (SSSR count). The molecule has 0 heterocycles. The van der Waals surface area contributed by atoms with Crippen molar-refractivity contribution in [2.24, 2.45) is 11.8 Å². The summed E-state index contributed by atoms with van der Waals surface area (Å²) < 4.78 is 32.2. The Balaban J connectivity index is 2.15. The fourth-order valence-corrected chi connectivity index (χ4v) is 5.80. The maximum absolute atomic E-state index is 13.4. The van der Waals surface area contributed by atoms with Crippen molar-refractivity contribution in [3.8, 4) is 11.1 Å². The Morgan fingerprint density at radius 2 is 1.79 bits per heavy atom. The fourth-order valence-electron chi connectivity index (χ4n) is 3.77. The van der Waals surface area contributed by atoms with Crippen LogP contribution in [0.15, 0.2) is 53.4 Å². The van der Waals surface area contributed by atoms with Gasteiger partial charge < -0.3 is 9.84 Å². The molecule has 0 bridgehead atoms. The topological polar surface area (TPSA) is 80.7 Å². The van der Waals surface area contributed by atoms with Gasteiger partial charge in [0.25, 0.3) is 0 Å². The van der Waals surface area contributed by atoms with E-state index in [-0.39, 0.29) is 16.7 Å². The molecule has 156 valence electrons. The first-order chi connectivity index (χ1) is 13.8. The van der Waals surface area contributed by atoms with Gasteiger partial charge in [-0.15, -0.1) is 0 Å². The minimum absolute atomic E-state index is 0.0148. The summed E-state index contributed by atoms with van der Waals surface area (Å²) in [5.74, 6) is -1.37. The van der Waals surface area contributed by atoms with E-state index >= 15 is 0 Å². The molecule has 0 radical (unpaired) electrons. The second-order valence-electron chi connectivity index (χ2n) is 8.13. The highest BCUT2D eigenvalue weighted by atomic mass is 32.2. The molecule has 1 aliphatic rings. The monoisotopic (exact) mass is 416 g/mol. The van der Waals surface area contributed by atoms with Crippen LogP contribution in [0.2, 0.25) is 0 Å². The molecular formula is C23H28O5S. The van der Waals surface area contributed by atoms with Crippen molar-refractivity contribution in [1.82, 2.24) is 0 Å². The number of ether oxygens (including phenoxy) is 1. The molecule has 0 spiro atoms. The maximum Gasteiger partial charge on any atom is 0.310 e. The van der Waals surface area contributed by atoms with E-state index in [1.54, 1.807) is 18.2 Å². The Morgan fingerprint density at radius 1 is 1.14 bits per heavy atom. The summed E-state index contributed by atoms with van der Waals surface area (Å²) in [7, 11) is -2.29. The molecule has 0 amide bonds. The van der Waals surface area contributed by atoms with Gasteiger partial charge in [0.2, 0.25) is 9.84 Å². The molecular weight excluding hydrogens is 388 g/mol. The van der Waals surface area contributed by atoms with Crippen molar-refractivity contribution in [1.29, 1.82) is 0 Å². The van der Waals surface area contributed by atoms with Crippen LogP contribution in [0.25, 0.3) is 11.1 Å². The predicted molar refractivity (Wildman–Crippen MR) is 112 cm³/mol. The van der Waals surface area contributed by atoms with Crippen molar-refractivity contribution in [3.05, 3.63) is 54.1 Å². The van der Waals surface area contributed by atoms with E-state index < -0.39 is 27.2 Å². The van der Waals surface area contributed by atoms with Crippen LogP contribution in [0.5, 0.6) is 0 Å². The van der Waals surface area contributed by atoms with Gasteiger partial charge in [-0.25, -0.2) is 8.42 Å². The minimum Gasteiger partial charge on any atom is -0.481 e. The van der Waals surface area contributed by atoms with Crippen LogP contribution in [0.3, 0.4) is 0 Å². The first-order valence-corrected chi connectivity index (χ1v) is 11.5. The molecule has 2 unspecified atom stereocenters. The van der Waals surface area contributed by atoms with Crippen molar-refractivity contribution in [3.63, 3.8) is 0 Å². The standard InChI is InChI=1S/C23H28O5S/c1-15(2)13-20(22(24)25)18-11-12-21(19(14-18)16-7-5-4-6-8-16)29(26,27)23(28-3)17-9-10-17/h4-8,11-12,14-15,17,20,23H,9-10,13H2,1-3H3,(H,24,25). The van der Waals surface area contributed by atoms with Crippen molar-refractivity contribution in [2.45, 2.75) is 49.4 Å². The van der Waals surface area contributed by atoms with Crippen LogP contribution in [-0.2, 0) is 19.4 Å². The van der Waals surface area contributed by atoms with E-state index in [0.29, 0.717) is 17.5 Å². The predicted octanol–water partition coefficient (Wildman–Crippen LogP) is 4.72. The Bertz CT molecular complexity index is 962. The van der Waals surface area contributed by atoms with Gasteiger partial charge in [0.15, 0.2) is 5.44 Å². The van der Waals surface area contributed by atoms with Crippen LogP contribution < -0.4 is 0 Å². The highest BCUT2D eigenvalue weighted by Gasteiger charge is 2.42. The van der Waals surface area contributed by atoms with Crippen molar-refractivity contribution < 1.29 is 23.1 Å². The number of methoxy groups -OCH3 is 1. The fraction of sp³-hybridized carbons (Fsp3) is 0.435. The van der Waals surface area contributed by atoms with Crippen LogP contribution in [0.1, 0.15) is 44.6 Å². The first-order valence-electron chi connectivity index (χ1n) is 9.94. The van der Waals surface area contributed by atoms with E-state index in [9.17, 15) is 18.3 Å². The molecule has 0 saturated heterocycles. The first kappa shape index (κ1) is 21.5. The van der Waals surface area contributed by atoms with Gasteiger partial charge in [0.1, 0.15) is 0 Å². The lowest BCUT2D eigenvalue weighted by Gasteiger charge is -2.21. The number of benzene rings is 2. The van der Waals surface area contributed by atoms with E-state index in [4.69, 9.17) is 4.74 Å². The summed E-state index contributed by atoms with van der Waals surface area (Å²) >= 11 is 0. The highest BCUT2D eigenvalue weighted by molar-refractivity contribution is 7.92. The summed E-state index contributed by atoms with van der Waals surface area (Å²) in [4.78, 5) is 12.1. The largest absolute Gasteiger partial charge is 0.481 e. The molecule has 1 N–H and O–H groups in total. The third-order valence-electron chi connectivity index (χ3n) is 5.35. The van der Waals surface area contributed by atoms with Gasteiger partial charge in [0.05, 0.1) is 10.8 Å². The number of carbonyl (C=O) groups is 1. The number of carboxylic acid groups (broad SMARTS) is 1. The highest BCUT2D eigenvalue weighted by Crippen LogP contribution is 2.41. The molecule has 0 aromatic heterocycles. The molecule has 2 atom stereocenters. The van der Waals surface area contributed by atoms with Gasteiger partial charge in [-0.3, -0.25) is 4.79 Å². The van der Waals surface area contributed by atoms with Crippen molar-refractivity contribution in [2.75, 3.05) is 7.11 Å². The normalized spacial score (nSPS) is 16.6. The molecule has 2 aromatic carbocycles. The second-order valence-corrected chi connectivity index (χ2v) is 10.1. The van der Waals surface area contributed by atoms with E-state index in [0.717, 1.165) is 18.4 Å². The minimum atomic E-state index is -3.72. The van der Waals surface area contributed by atoms with Gasteiger partial charge in [-0.2, -0.15) is 0 Å². The number of aliphatic carboxylic acids is 1. The molecule has 1 fully saturated rings. The summed E-state index contributed by atoms with van der Waals surface area (Å²) in [5, 5.41) is 9.74. The summed E-state index contributed by atoms with van der Waals surface area (Å²) in [6.45, 7) is 3.96. The average molecular weight is 417 g/mol. The molecule has 1 saturated carbocycles. The van der Waals surface area contributed by atoms with Gasteiger partial charge in [-0.05, 0) is 54.4 Å². The summed E-state index contributed by atoms with van der Waals surface area (Å²) in [6.07, 6.45) is 2.16. The Kier molecular flexibility index (Phi) is 6.44. The van der Waals surface area contributed by atoms with Crippen molar-refractivity contribution >= 4 is 15.8 Å². The van der Waals surface area contributed by atoms with Crippen LogP contribution in [-0.4, -0.2) is 32.0 Å². The lowest BCUT2D eigenvalue weighted by molar-refractivity contribution is -0.139. The molecule has 1 aliphatic carbocycles. The summed E-state index contributed by atoms with van der Waals surface area (Å²) in [6, 6.07) is 14.2. The zero-order chi connectivity index (χ0) is 21.2. The average Bonchev–Trinajstić information content (AvgIpc) is 3.51. The molecule has 29 heavy (non-hydrogen) atoms. The Hall–Kier alpha value is -2.18. The lowest BCUT2D eigenvalue weighted by Crippen LogP contribution is -2.26. The number of hydrogen-bond acceptors (Lipinski definition) is 4. The van der Waals surface area contributed by atoms with Gasteiger partial charge in [-0.1, -0.05) is 50.2 Å². The lowest BCUT2D eigenvalue weighted by atomic mass is 9.88. The Morgan fingerprint density at radius 3 is 2.31 bits per heavy atom. The Labute approximate surface area is 172 Å². The SMILES string of the molecule is COC(C1CC1)S(=O)(=O)c1ccc(C(CC(C)C)C(=O)O)cc1-c1ccccc1. The maximum atomic E-state index is 13.4. The molecule has 2 aromatic rings. The number of sulfone groups is 1. The smallest absolute Gasteiger partial charge is 0.310 e. The molecule has 0 aliphatic heterocycles. The third-order valence-corrected chi connectivity index (χ3v) is 7.51. The van der Waals surface area contributed by atoms with E-state index in [2.05, 4.69) is 0 Å². The third kappa shape index (κ3) is 4.70. The van der Waals surface area contributed by atoms with Crippen LogP contribution in [0, 0.1) is 11.8 Å². The number of rotatable bonds is 9.